The van der Waals surface area contributed by atoms with E-state index in [1.165, 1.54) is 25.7 Å². The van der Waals surface area contributed by atoms with E-state index in [0.29, 0.717) is 12.5 Å². The molecule has 2 bridgehead atoms. The van der Waals surface area contributed by atoms with Gasteiger partial charge in [0.05, 0.1) is 0 Å². The molecule has 76 valence electrons. The summed E-state index contributed by atoms with van der Waals surface area (Å²) in [6, 6.07) is 0. The van der Waals surface area contributed by atoms with Gasteiger partial charge in [-0.3, -0.25) is 0 Å². The molecular weight excluding hydrogens is 188 g/mol. The third kappa shape index (κ3) is 2.21. The second-order valence-corrected chi connectivity index (χ2v) is 5.71. The van der Waals surface area contributed by atoms with Gasteiger partial charge in [-0.25, -0.2) is 9.86 Å². The topological polar surface area (TPSA) is 72.2 Å². The van der Waals surface area contributed by atoms with Crippen LogP contribution in [0.25, 0.3) is 0 Å². The lowest BCUT2D eigenvalue weighted by Gasteiger charge is -2.20. The number of nitrogens with two attached hydrogens (primary N) is 1. The molecule has 0 aromatic carbocycles. The Balaban J connectivity index is 1.84. The van der Waals surface area contributed by atoms with Crippen LogP contribution in [0, 0.1) is 17.8 Å². The van der Waals surface area contributed by atoms with Crippen LogP contribution >= 0.6 is 0 Å². The van der Waals surface area contributed by atoms with Crippen molar-refractivity contribution in [2.45, 2.75) is 25.7 Å². The molecule has 2 saturated carbocycles. The molecule has 0 aliphatic heterocycles. The normalized spacial score (nSPS) is 38.4. The van der Waals surface area contributed by atoms with Crippen LogP contribution in [-0.4, -0.2) is 15.0 Å². The largest absolute Gasteiger partial charge is 0.274 e. The van der Waals surface area contributed by atoms with E-state index >= 15 is 0 Å². The second-order valence-electron chi connectivity index (χ2n) is 4.33. The van der Waals surface area contributed by atoms with Crippen molar-refractivity contribution >= 4 is 10.2 Å². The van der Waals surface area contributed by atoms with Crippen LogP contribution in [0.2, 0.25) is 0 Å². The predicted molar refractivity (Wildman–Crippen MR) is 50.0 cm³/mol. The average Bonchev–Trinajstić information content (AvgIpc) is 2.58. The van der Waals surface area contributed by atoms with Crippen molar-refractivity contribution in [2.75, 3.05) is 6.54 Å². The number of fused-ring (bicyclic) bond motifs is 2. The molecule has 3 N–H and O–H groups in total. The maximum absolute atomic E-state index is 10.7. The van der Waals surface area contributed by atoms with Crippen LogP contribution in [0.1, 0.15) is 25.7 Å². The Kier molecular flexibility index (Phi) is 2.33. The smallest absolute Gasteiger partial charge is 0.216 e. The third-order valence-corrected chi connectivity index (χ3v) is 4.00. The van der Waals surface area contributed by atoms with Crippen LogP contribution in [0.3, 0.4) is 0 Å². The Morgan fingerprint density at radius 2 is 2.08 bits per heavy atom. The summed E-state index contributed by atoms with van der Waals surface area (Å²) in [5.41, 5.74) is 0. The lowest BCUT2D eigenvalue weighted by Crippen LogP contribution is -2.36. The fraction of sp³-hybridized carbons (Fsp3) is 1.00. The Morgan fingerprint density at radius 3 is 2.54 bits per heavy atom. The number of rotatable bonds is 3. The first-order valence-electron chi connectivity index (χ1n) is 4.82. The molecule has 0 saturated heterocycles. The summed E-state index contributed by atoms with van der Waals surface area (Å²) in [5.74, 6) is 2.15. The lowest BCUT2D eigenvalue weighted by molar-refractivity contribution is 0.333. The lowest BCUT2D eigenvalue weighted by atomic mass is 9.89. The van der Waals surface area contributed by atoms with Gasteiger partial charge in [-0.15, -0.1) is 0 Å². The summed E-state index contributed by atoms with van der Waals surface area (Å²) in [7, 11) is -3.48. The zero-order valence-electron chi connectivity index (χ0n) is 7.57. The van der Waals surface area contributed by atoms with Gasteiger partial charge < -0.3 is 0 Å². The Hall–Kier alpha value is -0.130. The van der Waals surface area contributed by atoms with Crippen molar-refractivity contribution < 1.29 is 8.42 Å². The van der Waals surface area contributed by atoms with E-state index in [0.717, 1.165) is 11.8 Å². The summed E-state index contributed by atoms with van der Waals surface area (Å²) >= 11 is 0. The van der Waals surface area contributed by atoms with Crippen molar-refractivity contribution in [2.24, 2.45) is 22.9 Å². The molecule has 13 heavy (non-hydrogen) atoms. The molecule has 0 amide bonds. The van der Waals surface area contributed by atoms with Crippen LogP contribution in [0.5, 0.6) is 0 Å². The summed E-state index contributed by atoms with van der Waals surface area (Å²) in [6.45, 7) is 0.542. The highest BCUT2D eigenvalue weighted by Gasteiger charge is 2.39. The fourth-order valence-electron chi connectivity index (χ4n) is 2.85. The summed E-state index contributed by atoms with van der Waals surface area (Å²) in [4.78, 5) is 0. The highest BCUT2D eigenvalue weighted by molar-refractivity contribution is 7.87. The molecule has 2 aliphatic carbocycles. The fourth-order valence-corrected chi connectivity index (χ4v) is 3.30. The molecule has 3 unspecified atom stereocenters. The van der Waals surface area contributed by atoms with Gasteiger partial charge in [0.25, 0.3) is 10.2 Å². The molecular formula is C8H16N2O2S. The van der Waals surface area contributed by atoms with Gasteiger partial charge in [-0.05, 0) is 37.0 Å². The molecule has 4 nitrogen and oxygen atoms in total. The van der Waals surface area contributed by atoms with Gasteiger partial charge in [0.2, 0.25) is 0 Å². The minimum Gasteiger partial charge on any atom is -0.216 e. The van der Waals surface area contributed by atoms with E-state index in [2.05, 4.69) is 4.72 Å². The molecule has 2 aliphatic rings. The van der Waals surface area contributed by atoms with E-state index in [4.69, 9.17) is 5.14 Å². The average molecular weight is 204 g/mol. The Labute approximate surface area is 79.1 Å². The number of nitrogens with one attached hydrogen (secondary N) is 1. The first-order valence-corrected chi connectivity index (χ1v) is 6.36. The Bertz CT molecular complexity index is 289. The second kappa shape index (κ2) is 3.22. The van der Waals surface area contributed by atoms with E-state index < -0.39 is 10.2 Å². The first kappa shape index (κ1) is 9.43. The highest BCUT2D eigenvalue weighted by atomic mass is 32.2. The summed E-state index contributed by atoms with van der Waals surface area (Å²) in [6.07, 6.45) is 5.11. The zero-order valence-corrected chi connectivity index (χ0v) is 8.39. The number of hydrogen-bond donors (Lipinski definition) is 2. The first-order chi connectivity index (χ1) is 6.04. The van der Waals surface area contributed by atoms with Crippen LogP contribution in [0.15, 0.2) is 0 Å². The number of hydrogen-bond acceptors (Lipinski definition) is 2. The third-order valence-electron chi connectivity index (χ3n) is 3.43. The molecule has 0 aromatic heterocycles. The zero-order chi connectivity index (χ0) is 9.47. The minimum absolute atomic E-state index is 0.539. The van der Waals surface area contributed by atoms with E-state index in [1.807, 2.05) is 0 Å². The van der Waals surface area contributed by atoms with Crippen LogP contribution in [-0.2, 0) is 10.2 Å². The molecule has 0 spiro atoms. The van der Waals surface area contributed by atoms with Gasteiger partial charge in [0, 0.05) is 6.54 Å². The predicted octanol–water partition coefficient (Wildman–Crippen LogP) is 0.216. The summed E-state index contributed by atoms with van der Waals surface area (Å²) < 4.78 is 23.7. The van der Waals surface area contributed by atoms with Gasteiger partial charge in [0.1, 0.15) is 0 Å². The van der Waals surface area contributed by atoms with Crippen molar-refractivity contribution in [3.05, 3.63) is 0 Å². The highest BCUT2D eigenvalue weighted by Crippen LogP contribution is 2.47. The van der Waals surface area contributed by atoms with Gasteiger partial charge in [-0.1, -0.05) is 6.42 Å². The van der Waals surface area contributed by atoms with E-state index in [9.17, 15) is 8.42 Å². The van der Waals surface area contributed by atoms with Crippen molar-refractivity contribution in [1.29, 1.82) is 0 Å². The van der Waals surface area contributed by atoms with Crippen LogP contribution in [0.4, 0.5) is 0 Å². The minimum atomic E-state index is -3.48. The van der Waals surface area contributed by atoms with Crippen molar-refractivity contribution in [3.63, 3.8) is 0 Å². The van der Waals surface area contributed by atoms with Gasteiger partial charge in [-0.2, -0.15) is 8.42 Å². The molecule has 5 heteroatoms. The molecule has 0 aromatic rings. The van der Waals surface area contributed by atoms with Crippen LogP contribution < -0.4 is 9.86 Å². The SMILES string of the molecule is NS(=O)(=O)NCC1CC2CCC1C2. The monoisotopic (exact) mass is 204 g/mol. The molecule has 0 heterocycles. The van der Waals surface area contributed by atoms with Crippen molar-refractivity contribution in [3.8, 4) is 0 Å². The molecule has 2 fully saturated rings. The molecule has 0 radical (unpaired) electrons. The summed E-state index contributed by atoms with van der Waals surface area (Å²) in [5, 5.41) is 4.87. The maximum Gasteiger partial charge on any atom is 0.274 e. The quantitative estimate of drug-likeness (QED) is 0.690. The molecule has 3 atom stereocenters. The molecule has 2 rings (SSSR count). The van der Waals surface area contributed by atoms with E-state index in [-0.39, 0.29) is 0 Å². The maximum atomic E-state index is 10.7. The van der Waals surface area contributed by atoms with Gasteiger partial charge >= 0.3 is 0 Å². The standard InChI is InChI=1S/C8H16N2O2S/c9-13(11,12)10-5-8-4-6-1-2-7(8)3-6/h6-8,10H,1-5H2,(H2,9,11,12). The van der Waals surface area contributed by atoms with Gasteiger partial charge in [0.15, 0.2) is 0 Å². The Morgan fingerprint density at radius 1 is 1.31 bits per heavy atom. The van der Waals surface area contributed by atoms with E-state index in [1.54, 1.807) is 0 Å². The van der Waals surface area contributed by atoms with Crippen molar-refractivity contribution in [1.82, 2.24) is 4.72 Å².